The van der Waals surface area contributed by atoms with E-state index in [1.54, 1.807) is 12.1 Å². The van der Waals surface area contributed by atoms with Crippen molar-refractivity contribution in [3.05, 3.63) is 60.2 Å². The van der Waals surface area contributed by atoms with Crippen molar-refractivity contribution >= 4 is 27.5 Å². The third-order valence-corrected chi connectivity index (χ3v) is 7.50. The van der Waals surface area contributed by atoms with Crippen molar-refractivity contribution in [2.45, 2.75) is 6.42 Å². The zero-order valence-electron chi connectivity index (χ0n) is 19.5. The fraction of sp³-hybridized carbons (Fsp3) is 0.435. The van der Waals surface area contributed by atoms with Crippen LogP contribution in [-0.2, 0) is 15.0 Å². The van der Waals surface area contributed by atoms with Gasteiger partial charge in [0, 0.05) is 52.5 Å². The van der Waals surface area contributed by atoms with Crippen LogP contribution in [0.2, 0.25) is 0 Å². The molecule has 2 aromatic carbocycles. The minimum atomic E-state index is -3.93. The van der Waals surface area contributed by atoms with Crippen LogP contribution in [0.25, 0.3) is 0 Å². The summed E-state index contributed by atoms with van der Waals surface area (Å²) in [6.07, 6.45) is 0.721. The van der Waals surface area contributed by atoms with Gasteiger partial charge in [0.1, 0.15) is 18.2 Å². The summed E-state index contributed by atoms with van der Waals surface area (Å²) < 4.78 is 53.7. The Morgan fingerprint density at radius 1 is 0.941 bits per heavy atom. The van der Waals surface area contributed by atoms with Gasteiger partial charge in [-0.1, -0.05) is 0 Å². The number of carbonyl (C=O) groups is 1. The highest BCUT2D eigenvalue weighted by Crippen LogP contribution is 2.20. The Hall–Kier alpha value is -2.76. The number of hydrogen-bond donors (Lipinski definition) is 1. The van der Waals surface area contributed by atoms with Crippen LogP contribution < -0.4 is 14.5 Å². The van der Waals surface area contributed by atoms with Crippen LogP contribution in [0.3, 0.4) is 0 Å². The summed E-state index contributed by atoms with van der Waals surface area (Å²) in [5.74, 6) is -1.17. The summed E-state index contributed by atoms with van der Waals surface area (Å²) in [7, 11) is -1.18. The van der Waals surface area contributed by atoms with Crippen LogP contribution in [0.1, 0.15) is 6.42 Å². The molecule has 0 unspecified atom stereocenters. The molecule has 1 aliphatic heterocycles. The third kappa shape index (κ3) is 6.87. The molecule has 1 heterocycles. The maximum Gasteiger partial charge on any atom is 0.304 e. The molecule has 0 atom stereocenters. The molecular formula is C23H31F2N5O3S. The minimum Gasteiger partial charge on any atom is -0.369 e. The first kappa shape index (κ1) is 25.9. The van der Waals surface area contributed by atoms with Gasteiger partial charge in [-0.3, -0.25) is 9.69 Å². The molecule has 0 radical (unpaired) electrons. The highest BCUT2D eigenvalue weighted by Gasteiger charge is 2.27. The van der Waals surface area contributed by atoms with E-state index in [4.69, 9.17) is 0 Å². The van der Waals surface area contributed by atoms with E-state index in [2.05, 4.69) is 15.1 Å². The lowest BCUT2D eigenvalue weighted by Gasteiger charge is -2.36. The molecule has 11 heteroatoms. The van der Waals surface area contributed by atoms with E-state index in [1.807, 2.05) is 0 Å². The monoisotopic (exact) mass is 495 g/mol. The van der Waals surface area contributed by atoms with Crippen molar-refractivity contribution < 1.29 is 22.0 Å². The SMILES string of the molecule is CN(C)S(=O)(=O)N(CC(=O)NCCCN1CCN(c2ccc(F)cc2)CC1)c1ccc(F)cc1. The summed E-state index contributed by atoms with van der Waals surface area (Å²) >= 11 is 0. The molecule has 1 fully saturated rings. The number of amides is 1. The average Bonchev–Trinajstić information content (AvgIpc) is 2.82. The fourth-order valence-corrected chi connectivity index (χ4v) is 4.77. The maximum absolute atomic E-state index is 13.3. The highest BCUT2D eigenvalue weighted by atomic mass is 32.2. The number of nitrogens with one attached hydrogen (secondary N) is 1. The summed E-state index contributed by atoms with van der Waals surface area (Å²) in [5.41, 5.74) is 1.22. The van der Waals surface area contributed by atoms with Crippen molar-refractivity contribution in [3.63, 3.8) is 0 Å². The lowest BCUT2D eigenvalue weighted by atomic mass is 10.2. The van der Waals surface area contributed by atoms with E-state index < -0.39 is 28.5 Å². The fourth-order valence-electron chi connectivity index (χ4n) is 3.71. The second-order valence-electron chi connectivity index (χ2n) is 8.28. The predicted octanol–water partition coefficient (Wildman–Crippen LogP) is 1.91. The van der Waals surface area contributed by atoms with Crippen LogP contribution in [0.4, 0.5) is 20.2 Å². The zero-order chi connectivity index (χ0) is 24.7. The molecular weight excluding hydrogens is 464 g/mol. The first-order valence-corrected chi connectivity index (χ1v) is 12.5. The van der Waals surface area contributed by atoms with Crippen molar-refractivity contribution in [1.29, 1.82) is 0 Å². The Morgan fingerprint density at radius 3 is 2.06 bits per heavy atom. The lowest BCUT2D eigenvalue weighted by molar-refractivity contribution is -0.119. The van der Waals surface area contributed by atoms with Crippen molar-refractivity contribution in [2.24, 2.45) is 0 Å². The molecule has 0 aliphatic carbocycles. The largest absolute Gasteiger partial charge is 0.369 e. The van der Waals surface area contributed by atoms with Gasteiger partial charge in [-0.05, 0) is 61.5 Å². The molecule has 186 valence electrons. The quantitative estimate of drug-likeness (QED) is 0.510. The number of carbonyl (C=O) groups excluding carboxylic acids is 1. The first-order chi connectivity index (χ1) is 16.2. The number of rotatable bonds is 10. The molecule has 2 aromatic rings. The summed E-state index contributed by atoms with van der Waals surface area (Å²) in [6.45, 7) is 4.23. The summed E-state index contributed by atoms with van der Waals surface area (Å²) in [4.78, 5) is 17.0. The highest BCUT2D eigenvalue weighted by molar-refractivity contribution is 7.90. The van der Waals surface area contributed by atoms with Gasteiger partial charge >= 0.3 is 10.2 Å². The van der Waals surface area contributed by atoms with Crippen LogP contribution in [0.15, 0.2) is 48.5 Å². The first-order valence-electron chi connectivity index (χ1n) is 11.1. The van der Waals surface area contributed by atoms with Gasteiger partial charge in [-0.2, -0.15) is 12.7 Å². The summed E-state index contributed by atoms with van der Waals surface area (Å²) in [6, 6.07) is 11.5. The van der Waals surface area contributed by atoms with Gasteiger partial charge in [0.25, 0.3) is 0 Å². The van der Waals surface area contributed by atoms with Crippen LogP contribution in [0, 0.1) is 11.6 Å². The van der Waals surface area contributed by atoms with Gasteiger partial charge < -0.3 is 10.2 Å². The van der Waals surface area contributed by atoms with Crippen molar-refractivity contribution in [2.75, 3.05) is 69.1 Å². The van der Waals surface area contributed by atoms with Gasteiger partial charge in [0.15, 0.2) is 0 Å². The van der Waals surface area contributed by atoms with Crippen LogP contribution in [-0.4, -0.2) is 83.4 Å². The molecule has 0 saturated carbocycles. The number of hydrogen-bond acceptors (Lipinski definition) is 5. The van der Waals surface area contributed by atoms with E-state index in [9.17, 15) is 22.0 Å². The Labute approximate surface area is 199 Å². The molecule has 0 aromatic heterocycles. The molecule has 3 rings (SSSR count). The van der Waals surface area contributed by atoms with E-state index in [0.717, 1.165) is 65.6 Å². The average molecular weight is 496 g/mol. The van der Waals surface area contributed by atoms with Crippen molar-refractivity contribution in [3.8, 4) is 0 Å². The second kappa shape index (κ2) is 11.6. The zero-order valence-corrected chi connectivity index (χ0v) is 20.3. The van der Waals surface area contributed by atoms with Gasteiger partial charge in [0.05, 0.1) is 5.69 Å². The molecule has 34 heavy (non-hydrogen) atoms. The third-order valence-electron chi connectivity index (χ3n) is 5.68. The number of halogens is 2. The molecule has 0 spiro atoms. The minimum absolute atomic E-state index is 0.212. The maximum atomic E-state index is 13.3. The second-order valence-corrected chi connectivity index (χ2v) is 10.3. The predicted molar refractivity (Wildman–Crippen MR) is 129 cm³/mol. The van der Waals surface area contributed by atoms with Crippen LogP contribution >= 0.6 is 0 Å². The molecule has 0 bridgehead atoms. The lowest BCUT2D eigenvalue weighted by Crippen LogP contribution is -2.47. The number of benzene rings is 2. The molecule has 1 amide bonds. The molecule has 1 N–H and O–H groups in total. The Bertz CT molecular complexity index is 1040. The van der Waals surface area contributed by atoms with E-state index in [-0.39, 0.29) is 11.5 Å². The van der Waals surface area contributed by atoms with E-state index >= 15 is 0 Å². The Kier molecular flexibility index (Phi) is 8.81. The van der Waals surface area contributed by atoms with Gasteiger partial charge in [0.2, 0.25) is 5.91 Å². The standard InChI is InChI=1S/C23H31F2N5O3S/c1-27(2)34(32,33)30(22-10-6-20(25)7-11-22)18-23(31)26-12-3-13-28-14-16-29(17-15-28)21-8-4-19(24)5-9-21/h4-11H,3,12-18H2,1-2H3,(H,26,31). The van der Waals surface area contributed by atoms with Crippen LogP contribution in [0.5, 0.6) is 0 Å². The van der Waals surface area contributed by atoms with E-state index in [0.29, 0.717) is 6.54 Å². The van der Waals surface area contributed by atoms with Gasteiger partial charge in [-0.25, -0.2) is 13.1 Å². The normalized spacial score (nSPS) is 14.9. The molecule has 8 nitrogen and oxygen atoms in total. The van der Waals surface area contributed by atoms with Gasteiger partial charge in [-0.15, -0.1) is 0 Å². The Morgan fingerprint density at radius 2 is 1.50 bits per heavy atom. The van der Waals surface area contributed by atoms with E-state index in [1.165, 1.54) is 38.4 Å². The molecule has 1 aliphatic rings. The smallest absolute Gasteiger partial charge is 0.304 e. The number of nitrogens with zero attached hydrogens (tertiary/aromatic N) is 4. The Balaban J connectivity index is 1.44. The van der Waals surface area contributed by atoms with Crippen molar-refractivity contribution in [1.82, 2.24) is 14.5 Å². The number of piperazine rings is 1. The molecule has 1 saturated heterocycles. The topological polar surface area (TPSA) is 76.2 Å². The number of anilines is 2. The summed E-state index contributed by atoms with van der Waals surface area (Å²) in [5, 5.41) is 2.77.